The first-order valence-corrected chi connectivity index (χ1v) is 9.60. The molecule has 1 saturated heterocycles. The van der Waals surface area contributed by atoms with Crippen LogP contribution in [0.4, 0.5) is 0 Å². The Balaban J connectivity index is 1.29. The van der Waals surface area contributed by atoms with Crippen molar-refractivity contribution in [2.45, 2.75) is 38.1 Å². The summed E-state index contributed by atoms with van der Waals surface area (Å²) in [5.74, 6) is 1.71. The smallest absolute Gasteiger partial charge is 0.280 e. The van der Waals surface area contributed by atoms with Crippen LogP contribution in [0.25, 0.3) is 11.6 Å². The minimum absolute atomic E-state index is 0.0944. The lowest BCUT2D eigenvalue weighted by Gasteiger charge is -2.15. The van der Waals surface area contributed by atoms with Crippen LogP contribution in [0.1, 0.15) is 51.6 Å². The lowest BCUT2D eigenvalue weighted by molar-refractivity contribution is 0.0791. The zero-order chi connectivity index (χ0) is 17.7. The Morgan fingerprint density at radius 3 is 2.96 bits per heavy atom. The van der Waals surface area contributed by atoms with Crippen LogP contribution in [0.5, 0.6) is 0 Å². The van der Waals surface area contributed by atoms with Gasteiger partial charge in [-0.1, -0.05) is 10.4 Å². The van der Waals surface area contributed by atoms with E-state index in [1.165, 1.54) is 11.3 Å². The number of amides is 1. The number of likely N-dealkylation sites (tertiary alicyclic amines) is 1. The fourth-order valence-electron chi connectivity index (χ4n) is 3.25. The Hall–Kier alpha value is -2.55. The average Bonchev–Trinajstić information content (AvgIpc) is 3.14. The maximum absolute atomic E-state index is 12.6. The highest BCUT2D eigenvalue weighted by Gasteiger charge is 2.31. The van der Waals surface area contributed by atoms with Crippen molar-refractivity contribution in [1.82, 2.24) is 30.0 Å². The monoisotopic (exact) mass is 370 g/mol. The van der Waals surface area contributed by atoms with E-state index >= 15 is 0 Å². The Morgan fingerprint density at radius 2 is 2.19 bits per heavy atom. The second-order valence-electron chi connectivity index (χ2n) is 6.92. The van der Waals surface area contributed by atoms with E-state index in [0.717, 1.165) is 41.4 Å². The van der Waals surface area contributed by atoms with Crippen molar-refractivity contribution in [2.75, 3.05) is 13.1 Å². The molecule has 8 nitrogen and oxygen atoms in total. The van der Waals surface area contributed by atoms with Crippen LogP contribution >= 0.6 is 11.3 Å². The van der Waals surface area contributed by atoms with Gasteiger partial charge in [-0.2, -0.15) is 4.98 Å². The number of hydrogen-bond acceptors (Lipinski definition) is 7. The van der Waals surface area contributed by atoms with Crippen LogP contribution < -0.4 is 0 Å². The highest BCUT2D eigenvalue weighted by Crippen LogP contribution is 2.38. The first-order chi connectivity index (χ1) is 12.7. The second-order valence-corrected chi connectivity index (χ2v) is 8.21. The summed E-state index contributed by atoms with van der Waals surface area (Å²) < 4.78 is 7.12. The average molecular weight is 370 g/mol. The number of carbonyl (C=O) groups excluding carboxylic acids is 1. The van der Waals surface area contributed by atoms with Crippen molar-refractivity contribution in [1.29, 1.82) is 0 Å². The molecule has 0 spiro atoms. The minimum Gasteiger partial charge on any atom is -0.336 e. The van der Waals surface area contributed by atoms with Crippen LogP contribution in [0.2, 0.25) is 0 Å². The second kappa shape index (κ2) is 6.01. The Labute approximate surface area is 153 Å². The van der Waals surface area contributed by atoms with Crippen LogP contribution in [0.3, 0.4) is 0 Å². The van der Waals surface area contributed by atoms with Crippen molar-refractivity contribution in [3.63, 3.8) is 0 Å². The molecule has 1 aliphatic heterocycles. The molecule has 0 aromatic carbocycles. The lowest BCUT2D eigenvalue weighted by Crippen LogP contribution is -2.28. The predicted octanol–water partition coefficient (Wildman–Crippen LogP) is 2.66. The first kappa shape index (κ1) is 15.7. The number of aryl methyl sites for hydroxylation is 1. The molecule has 1 aliphatic carbocycles. The number of rotatable bonds is 4. The third kappa shape index (κ3) is 2.82. The summed E-state index contributed by atoms with van der Waals surface area (Å²) in [6.07, 6.45) is 4.94. The summed E-state index contributed by atoms with van der Waals surface area (Å²) in [4.78, 5) is 20.8. The molecule has 0 bridgehead atoms. The number of thiophene rings is 1. The minimum atomic E-state index is 0.0944. The van der Waals surface area contributed by atoms with Gasteiger partial charge in [0, 0.05) is 23.9 Å². The van der Waals surface area contributed by atoms with Crippen LogP contribution in [0.15, 0.2) is 22.9 Å². The Morgan fingerprint density at radius 1 is 1.31 bits per heavy atom. The van der Waals surface area contributed by atoms with Gasteiger partial charge >= 0.3 is 0 Å². The zero-order valence-corrected chi connectivity index (χ0v) is 15.1. The quantitative estimate of drug-likeness (QED) is 0.701. The molecule has 2 aliphatic rings. The molecule has 26 heavy (non-hydrogen) atoms. The molecule has 1 amide bonds. The summed E-state index contributed by atoms with van der Waals surface area (Å²) in [6.45, 7) is 3.37. The Kier molecular flexibility index (Phi) is 3.63. The standard InChI is InChI=1S/C17H18N6O2S/c1-10-2-5-14(26-10)17(24)22-7-6-12(8-22)23-9-13(19-21-23)16-18-15(20-25-16)11-3-4-11/h2,5,9,11-12H,3-4,6-8H2,1H3/t12-/m1/s1. The fraction of sp³-hybridized carbons (Fsp3) is 0.471. The van der Waals surface area contributed by atoms with Gasteiger partial charge in [0.2, 0.25) is 0 Å². The molecule has 5 rings (SSSR count). The van der Waals surface area contributed by atoms with E-state index in [4.69, 9.17) is 4.52 Å². The third-order valence-corrected chi connectivity index (χ3v) is 5.88. The van der Waals surface area contributed by atoms with Crippen molar-refractivity contribution in [2.24, 2.45) is 0 Å². The van der Waals surface area contributed by atoms with Gasteiger partial charge in [0.05, 0.1) is 17.1 Å². The summed E-state index contributed by atoms with van der Waals surface area (Å²) in [5.41, 5.74) is 0.586. The predicted molar refractivity (Wildman–Crippen MR) is 93.9 cm³/mol. The van der Waals surface area contributed by atoms with Gasteiger partial charge in [-0.15, -0.1) is 16.4 Å². The van der Waals surface area contributed by atoms with Crippen molar-refractivity contribution >= 4 is 17.2 Å². The van der Waals surface area contributed by atoms with Crippen LogP contribution in [-0.4, -0.2) is 49.0 Å². The third-order valence-electron chi connectivity index (χ3n) is 4.89. The summed E-state index contributed by atoms with van der Waals surface area (Å²) in [7, 11) is 0. The number of aromatic nitrogens is 5. The molecule has 0 radical (unpaired) electrons. The molecule has 0 N–H and O–H groups in total. The largest absolute Gasteiger partial charge is 0.336 e. The van der Waals surface area contributed by atoms with Gasteiger partial charge in [0.25, 0.3) is 11.8 Å². The zero-order valence-electron chi connectivity index (χ0n) is 14.3. The van der Waals surface area contributed by atoms with E-state index in [0.29, 0.717) is 24.0 Å². The van der Waals surface area contributed by atoms with E-state index in [-0.39, 0.29) is 11.9 Å². The highest BCUT2D eigenvalue weighted by atomic mass is 32.1. The van der Waals surface area contributed by atoms with Gasteiger partial charge in [-0.05, 0) is 38.3 Å². The fourth-order valence-corrected chi connectivity index (χ4v) is 4.08. The van der Waals surface area contributed by atoms with Crippen LogP contribution in [-0.2, 0) is 0 Å². The SMILES string of the molecule is Cc1ccc(C(=O)N2CC[C@@H](n3cc(-c4nc(C5CC5)no4)nn3)C2)s1. The molecular weight excluding hydrogens is 352 g/mol. The highest BCUT2D eigenvalue weighted by molar-refractivity contribution is 7.13. The van der Waals surface area contributed by atoms with E-state index in [2.05, 4.69) is 20.5 Å². The maximum atomic E-state index is 12.6. The molecule has 3 aromatic rings. The summed E-state index contributed by atoms with van der Waals surface area (Å²) >= 11 is 1.54. The molecule has 3 aromatic heterocycles. The van der Waals surface area contributed by atoms with E-state index < -0.39 is 0 Å². The molecule has 4 heterocycles. The maximum Gasteiger partial charge on any atom is 0.280 e. The summed E-state index contributed by atoms with van der Waals surface area (Å²) in [5, 5.41) is 12.4. The van der Waals surface area contributed by atoms with Gasteiger partial charge < -0.3 is 9.42 Å². The topological polar surface area (TPSA) is 89.9 Å². The molecule has 0 unspecified atom stereocenters. The van der Waals surface area contributed by atoms with Gasteiger partial charge in [0.15, 0.2) is 11.5 Å². The number of hydrogen-bond donors (Lipinski definition) is 0. The van der Waals surface area contributed by atoms with Crippen molar-refractivity contribution < 1.29 is 9.32 Å². The molecule has 1 saturated carbocycles. The van der Waals surface area contributed by atoms with Crippen LogP contribution in [0, 0.1) is 6.92 Å². The normalized spacial score (nSPS) is 20.0. The lowest BCUT2D eigenvalue weighted by atomic mass is 10.3. The van der Waals surface area contributed by atoms with E-state index in [1.807, 2.05) is 34.8 Å². The molecule has 134 valence electrons. The van der Waals surface area contributed by atoms with Crippen molar-refractivity contribution in [3.8, 4) is 11.6 Å². The summed E-state index contributed by atoms with van der Waals surface area (Å²) in [6, 6.07) is 4.00. The van der Waals surface area contributed by atoms with E-state index in [9.17, 15) is 4.79 Å². The molecule has 1 atom stereocenters. The van der Waals surface area contributed by atoms with E-state index in [1.54, 1.807) is 0 Å². The van der Waals surface area contributed by atoms with Crippen molar-refractivity contribution in [3.05, 3.63) is 33.9 Å². The first-order valence-electron chi connectivity index (χ1n) is 8.79. The molecule has 2 fully saturated rings. The number of nitrogens with zero attached hydrogens (tertiary/aromatic N) is 6. The van der Waals surface area contributed by atoms with Gasteiger partial charge in [-0.25, -0.2) is 4.68 Å². The number of carbonyl (C=O) groups is 1. The molecular formula is C17H18N6O2S. The van der Waals surface area contributed by atoms with Gasteiger partial charge in [-0.3, -0.25) is 4.79 Å². The van der Waals surface area contributed by atoms with Gasteiger partial charge in [0.1, 0.15) is 0 Å². The molecule has 9 heteroatoms. The Bertz CT molecular complexity index is 956.